The van der Waals surface area contributed by atoms with E-state index in [-0.39, 0.29) is 5.91 Å². The van der Waals surface area contributed by atoms with E-state index >= 15 is 0 Å². The summed E-state index contributed by atoms with van der Waals surface area (Å²) in [4.78, 5) is 16.4. The van der Waals surface area contributed by atoms with Gasteiger partial charge >= 0.3 is 0 Å². The van der Waals surface area contributed by atoms with E-state index in [1.807, 2.05) is 12.1 Å². The molecule has 5 heteroatoms. The number of halogens is 1. The van der Waals surface area contributed by atoms with Crippen LogP contribution < -0.4 is 11.1 Å². The minimum absolute atomic E-state index is 0.156. The lowest BCUT2D eigenvalue weighted by Crippen LogP contribution is -2.23. The minimum Gasteiger partial charge on any atom is -0.384 e. The van der Waals surface area contributed by atoms with Crippen molar-refractivity contribution in [3.63, 3.8) is 0 Å². The SMILES string of the molecule is CCCc1cc(C(=O)NCc2ccc(Cl)cc2)cc(N)n1. The molecule has 1 heterocycles. The topological polar surface area (TPSA) is 68.0 Å². The van der Waals surface area contributed by atoms with Crippen LogP contribution in [0, 0.1) is 0 Å². The highest BCUT2D eigenvalue weighted by Crippen LogP contribution is 2.11. The Morgan fingerprint density at radius 3 is 2.67 bits per heavy atom. The molecule has 2 aromatic rings. The summed E-state index contributed by atoms with van der Waals surface area (Å²) in [5.41, 5.74) is 8.12. The molecule has 0 saturated carbocycles. The number of nitrogens with two attached hydrogens (primary N) is 1. The van der Waals surface area contributed by atoms with Gasteiger partial charge in [-0.1, -0.05) is 37.1 Å². The Morgan fingerprint density at radius 1 is 1.29 bits per heavy atom. The van der Waals surface area contributed by atoms with Crippen LogP contribution in [0.5, 0.6) is 0 Å². The summed E-state index contributed by atoms with van der Waals surface area (Å²) in [6, 6.07) is 10.7. The van der Waals surface area contributed by atoms with E-state index in [1.54, 1.807) is 24.3 Å². The predicted molar refractivity (Wildman–Crippen MR) is 85.3 cm³/mol. The Kier molecular flexibility index (Phi) is 5.17. The number of carbonyl (C=O) groups is 1. The fourth-order valence-corrected chi connectivity index (χ4v) is 2.14. The second-order valence-corrected chi connectivity index (χ2v) is 5.27. The zero-order valence-electron chi connectivity index (χ0n) is 11.9. The van der Waals surface area contributed by atoms with E-state index in [9.17, 15) is 4.79 Å². The maximum atomic E-state index is 12.2. The van der Waals surface area contributed by atoms with E-state index in [4.69, 9.17) is 17.3 Å². The number of benzene rings is 1. The number of anilines is 1. The van der Waals surface area contributed by atoms with Crippen molar-refractivity contribution in [1.29, 1.82) is 0 Å². The zero-order valence-corrected chi connectivity index (χ0v) is 12.7. The second kappa shape index (κ2) is 7.09. The lowest BCUT2D eigenvalue weighted by Gasteiger charge is -2.08. The zero-order chi connectivity index (χ0) is 15.2. The average Bonchev–Trinajstić information content (AvgIpc) is 2.46. The van der Waals surface area contributed by atoms with Crippen LogP contribution in [-0.2, 0) is 13.0 Å². The van der Waals surface area contributed by atoms with Crippen molar-refractivity contribution < 1.29 is 4.79 Å². The molecule has 0 saturated heterocycles. The predicted octanol–water partition coefficient (Wildman–Crippen LogP) is 3.20. The molecule has 0 spiro atoms. The van der Waals surface area contributed by atoms with Gasteiger partial charge in [0.25, 0.3) is 5.91 Å². The Balaban J connectivity index is 2.04. The first-order chi connectivity index (χ1) is 10.1. The summed E-state index contributed by atoms with van der Waals surface area (Å²) in [7, 11) is 0. The second-order valence-electron chi connectivity index (χ2n) is 4.83. The summed E-state index contributed by atoms with van der Waals surface area (Å²) >= 11 is 5.83. The molecule has 1 amide bonds. The van der Waals surface area contributed by atoms with Crippen LogP contribution in [0.2, 0.25) is 5.02 Å². The molecule has 110 valence electrons. The molecule has 0 atom stereocenters. The number of pyridine rings is 1. The van der Waals surface area contributed by atoms with Gasteiger partial charge in [-0.25, -0.2) is 4.98 Å². The number of amides is 1. The van der Waals surface area contributed by atoms with E-state index in [2.05, 4.69) is 17.2 Å². The summed E-state index contributed by atoms with van der Waals surface area (Å²) in [5.74, 6) is 0.217. The van der Waals surface area contributed by atoms with Gasteiger partial charge in [0.2, 0.25) is 0 Å². The van der Waals surface area contributed by atoms with Gasteiger partial charge in [0.15, 0.2) is 0 Å². The van der Waals surface area contributed by atoms with Crippen LogP contribution >= 0.6 is 11.6 Å². The number of aryl methyl sites for hydroxylation is 1. The molecule has 1 aromatic heterocycles. The standard InChI is InChI=1S/C16H18ClN3O/c1-2-3-14-8-12(9-15(18)20-14)16(21)19-10-11-4-6-13(17)7-5-11/h4-9H,2-3,10H2,1H3,(H2,18,20)(H,19,21). The van der Waals surface area contributed by atoms with Gasteiger partial charge in [-0.3, -0.25) is 4.79 Å². The molecule has 21 heavy (non-hydrogen) atoms. The van der Waals surface area contributed by atoms with Crippen molar-refractivity contribution in [3.8, 4) is 0 Å². The average molecular weight is 304 g/mol. The molecule has 0 aliphatic rings. The molecule has 0 aliphatic heterocycles. The molecule has 3 N–H and O–H groups in total. The van der Waals surface area contributed by atoms with E-state index in [0.717, 1.165) is 24.1 Å². The quantitative estimate of drug-likeness (QED) is 0.891. The lowest BCUT2D eigenvalue weighted by molar-refractivity contribution is 0.0950. The number of nitrogen functional groups attached to an aromatic ring is 1. The van der Waals surface area contributed by atoms with Gasteiger partial charge in [0.05, 0.1) is 0 Å². The van der Waals surface area contributed by atoms with Crippen molar-refractivity contribution >= 4 is 23.3 Å². The molecular weight excluding hydrogens is 286 g/mol. The van der Waals surface area contributed by atoms with Gasteiger partial charge in [0.1, 0.15) is 5.82 Å². The van der Waals surface area contributed by atoms with Crippen LogP contribution in [-0.4, -0.2) is 10.9 Å². The number of nitrogens with zero attached hydrogens (tertiary/aromatic N) is 1. The van der Waals surface area contributed by atoms with Crippen molar-refractivity contribution in [3.05, 3.63) is 58.2 Å². The summed E-state index contributed by atoms with van der Waals surface area (Å²) in [5, 5.41) is 3.54. The lowest BCUT2D eigenvalue weighted by atomic mass is 10.1. The Bertz CT molecular complexity index is 626. The van der Waals surface area contributed by atoms with Gasteiger partial charge in [0, 0.05) is 22.8 Å². The van der Waals surface area contributed by atoms with Crippen LogP contribution in [0.25, 0.3) is 0 Å². The maximum Gasteiger partial charge on any atom is 0.251 e. The number of hydrogen-bond acceptors (Lipinski definition) is 3. The Hall–Kier alpha value is -2.07. The number of carbonyl (C=O) groups excluding carboxylic acids is 1. The molecule has 0 aliphatic carbocycles. The molecular formula is C16H18ClN3O. The molecule has 1 aromatic carbocycles. The van der Waals surface area contributed by atoms with Gasteiger partial charge in [-0.05, 0) is 36.2 Å². The minimum atomic E-state index is -0.156. The van der Waals surface area contributed by atoms with Gasteiger partial charge in [-0.15, -0.1) is 0 Å². The summed E-state index contributed by atoms with van der Waals surface area (Å²) < 4.78 is 0. The summed E-state index contributed by atoms with van der Waals surface area (Å²) in [6.07, 6.45) is 1.77. The highest BCUT2D eigenvalue weighted by atomic mass is 35.5. The van der Waals surface area contributed by atoms with E-state index in [1.165, 1.54) is 0 Å². The van der Waals surface area contributed by atoms with Crippen LogP contribution in [0.15, 0.2) is 36.4 Å². The molecule has 4 nitrogen and oxygen atoms in total. The number of rotatable bonds is 5. The number of hydrogen-bond donors (Lipinski definition) is 2. The van der Waals surface area contributed by atoms with Gasteiger partial charge < -0.3 is 11.1 Å². The molecule has 2 rings (SSSR count). The number of nitrogens with one attached hydrogen (secondary N) is 1. The number of aromatic nitrogens is 1. The fourth-order valence-electron chi connectivity index (χ4n) is 2.01. The van der Waals surface area contributed by atoms with Crippen LogP contribution in [0.4, 0.5) is 5.82 Å². The third-order valence-electron chi connectivity index (χ3n) is 3.03. The Morgan fingerprint density at radius 2 is 2.00 bits per heavy atom. The first-order valence-electron chi connectivity index (χ1n) is 6.87. The maximum absolute atomic E-state index is 12.2. The molecule has 0 bridgehead atoms. The van der Waals surface area contributed by atoms with Crippen molar-refractivity contribution in [1.82, 2.24) is 10.3 Å². The molecule has 0 unspecified atom stereocenters. The van der Waals surface area contributed by atoms with Gasteiger partial charge in [-0.2, -0.15) is 0 Å². The monoisotopic (exact) mass is 303 g/mol. The highest BCUT2D eigenvalue weighted by molar-refractivity contribution is 6.30. The largest absolute Gasteiger partial charge is 0.384 e. The summed E-state index contributed by atoms with van der Waals surface area (Å²) in [6.45, 7) is 2.51. The van der Waals surface area contributed by atoms with Crippen LogP contribution in [0.1, 0.15) is 35.0 Å². The third-order valence-corrected chi connectivity index (χ3v) is 3.28. The van der Waals surface area contributed by atoms with Crippen molar-refractivity contribution in [2.75, 3.05) is 5.73 Å². The van der Waals surface area contributed by atoms with E-state index < -0.39 is 0 Å². The van der Waals surface area contributed by atoms with Crippen molar-refractivity contribution in [2.24, 2.45) is 0 Å². The van der Waals surface area contributed by atoms with Crippen molar-refractivity contribution in [2.45, 2.75) is 26.3 Å². The highest BCUT2D eigenvalue weighted by Gasteiger charge is 2.08. The normalized spacial score (nSPS) is 10.4. The first-order valence-corrected chi connectivity index (χ1v) is 7.25. The molecule has 0 radical (unpaired) electrons. The van der Waals surface area contributed by atoms with Crippen LogP contribution in [0.3, 0.4) is 0 Å². The Labute approximate surface area is 129 Å². The third kappa shape index (κ3) is 4.46. The van der Waals surface area contributed by atoms with E-state index in [0.29, 0.717) is 22.9 Å². The molecule has 0 fully saturated rings. The first kappa shape index (κ1) is 15.3. The fraction of sp³-hybridized carbons (Fsp3) is 0.250. The smallest absolute Gasteiger partial charge is 0.251 e.